The lowest BCUT2D eigenvalue weighted by molar-refractivity contribution is -0.138. The Morgan fingerprint density at radius 1 is 1.09 bits per heavy atom. The van der Waals surface area contributed by atoms with Crippen molar-refractivity contribution in [3.05, 3.63) is 54.6 Å². The normalized spacial score (nSPS) is 18.8. The first-order chi connectivity index (χ1) is 16.3. The van der Waals surface area contributed by atoms with Crippen molar-refractivity contribution < 1.29 is 18.8 Å². The molecule has 2 saturated heterocycles. The predicted molar refractivity (Wildman–Crippen MR) is 121 cm³/mol. The van der Waals surface area contributed by atoms with Crippen LogP contribution in [0.1, 0.15) is 31.2 Å². The molecule has 172 valence electrons. The molecular weight excluding hydrogens is 422 g/mol. The number of morpholine rings is 1. The molecule has 0 radical (unpaired) electrons. The van der Waals surface area contributed by atoms with Gasteiger partial charge in [-0.3, -0.25) is 4.79 Å². The second-order valence-corrected chi connectivity index (χ2v) is 8.16. The first-order valence-corrected chi connectivity index (χ1v) is 11.4. The van der Waals surface area contributed by atoms with Crippen LogP contribution in [-0.4, -0.2) is 65.4 Å². The van der Waals surface area contributed by atoms with Crippen molar-refractivity contribution in [1.29, 1.82) is 0 Å². The molecule has 1 amide bonds. The van der Waals surface area contributed by atoms with Crippen LogP contribution >= 0.6 is 0 Å². The minimum atomic E-state index is -0.243. The van der Waals surface area contributed by atoms with Gasteiger partial charge in [-0.15, -0.1) is 0 Å². The highest BCUT2D eigenvalue weighted by atomic mass is 16.5. The Morgan fingerprint density at radius 3 is 2.79 bits per heavy atom. The number of carbonyl (C=O) groups excluding carboxylic acids is 1. The standard InChI is InChI=1S/C24H27N5O4/c30-22(17-32-19-6-2-1-3-7-19)29-11-5-4-8-20(29)24-26-23(27-33-24)18-9-10-25-21(16-18)28-12-14-31-15-13-28/h1-3,6-7,9-10,16,20H,4-5,8,11-15,17H2/t20-/m1/s1. The quantitative estimate of drug-likeness (QED) is 0.567. The molecule has 33 heavy (non-hydrogen) atoms. The number of ether oxygens (including phenoxy) is 2. The van der Waals surface area contributed by atoms with Crippen molar-refractivity contribution in [2.75, 3.05) is 44.4 Å². The number of rotatable bonds is 6. The summed E-state index contributed by atoms with van der Waals surface area (Å²) >= 11 is 0. The monoisotopic (exact) mass is 449 g/mol. The van der Waals surface area contributed by atoms with E-state index in [2.05, 4.69) is 20.0 Å². The van der Waals surface area contributed by atoms with Gasteiger partial charge in [0, 0.05) is 31.4 Å². The Morgan fingerprint density at radius 2 is 1.94 bits per heavy atom. The maximum absolute atomic E-state index is 12.9. The molecular formula is C24H27N5O4. The summed E-state index contributed by atoms with van der Waals surface area (Å²) in [6.07, 6.45) is 4.49. The van der Waals surface area contributed by atoms with E-state index >= 15 is 0 Å². The Kier molecular flexibility index (Phi) is 6.48. The number of anilines is 1. The van der Waals surface area contributed by atoms with Crippen LogP contribution in [0.4, 0.5) is 5.82 Å². The highest BCUT2D eigenvalue weighted by Crippen LogP contribution is 2.31. The number of carbonyl (C=O) groups is 1. The van der Waals surface area contributed by atoms with Gasteiger partial charge in [-0.2, -0.15) is 4.98 Å². The number of nitrogens with zero attached hydrogens (tertiary/aromatic N) is 5. The second kappa shape index (κ2) is 9.99. The third-order valence-corrected chi connectivity index (χ3v) is 5.99. The minimum Gasteiger partial charge on any atom is -0.484 e. The van der Waals surface area contributed by atoms with Crippen molar-refractivity contribution in [2.24, 2.45) is 0 Å². The summed E-state index contributed by atoms with van der Waals surface area (Å²) in [4.78, 5) is 26.1. The summed E-state index contributed by atoms with van der Waals surface area (Å²) in [5.74, 6) is 2.42. The maximum atomic E-state index is 12.9. The van der Waals surface area contributed by atoms with Crippen LogP contribution in [0.25, 0.3) is 11.4 Å². The average molecular weight is 450 g/mol. The summed E-state index contributed by atoms with van der Waals surface area (Å²) in [6, 6.07) is 13.0. The average Bonchev–Trinajstić information content (AvgIpc) is 3.39. The van der Waals surface area contributed by atoms with Crippen molar-refractivity contribution in [1.82, 2.24) is 20.0 Å². The molecule has 2 aliphatic rings. The van der Waals surface area contributed by atoms with E-state index in [9.17, 15) is 4.79 Å². The van der Waals surface area contributed by atoms with E-state index in [0.717, 1.165) is 43.7 Å². The molecule has 9 nitrogen and oxygen atoms in total. The van der Waals surface area contributed by atoms with Crippen LogP contribution < -0.4 is 9.64 Å². The van der Waals surface area contributed by atoms with Gasteiger partial charge in [-0.25, -0.2) is 4.98 Å². The molecule has 0 bridgehead atoms. The summed E-state index contributed by atoms with van der Waals surface area (Å²) in [5.41, 5.74) is 0.836. The van der Waals surface area contributed by atoms with Crippen LogP contribution in [0.15, 0.2) is 53.2 Å². The number of benzene rings is 1. The fourth-order valence-electron chi connectivity index (χ4n) is 4.24. The van der Waals surface area contributed by atoms with Crippen molar-refractivity contribution in [3.63, 3.8) is 0 Å². The summed E-state index contributed by atoms with van der Waals surface area (Å²) in [5, 5.41) is 4.21. The zero-order chi connectivity index (χ0) is 22.5. The Labute approximate surface area is 192 Å². The van der Waals surface area contributed by atoms with E-state index in [-0.39, 0.29) is 18.6 Å². The lowest BCUT2D eigenvalue weighted by Crippen LogP contribution is -2.41. The number of para-hydroxylation sites is 1. The molecule has 3 aromatic rings. The van der Waals surface area contributed by atoms with Crippen LogP contribution in [0.2, 0.25) is 0 Å². The fraction of sp³-hybridized carbons (Fsp3) is 0.417. The number of pyridine rings is 1. The van der Waals surface area contributed by atoms with Crippen molar-refractivity contribution in [2.45, 2.75) is 25.3 Å². The van der Waals surface area contributed by atoms with Crippen LogP contribution in [0.5, 0.6) is 5.75 Å². The molecule has 0 aliphatic carbocycles. The number of aromatic nitrogens is 3. The first kappa shape index (κ1) is 21.4. The molecule has 0 saturated carbocycles. The van der Waals surface area contributed by atoms with Crippen molar-refractivity contribution >= 4 is 11.7 Å². The molecule has 2 fully saturated rings. The molecule has 2 aliphatic heterocycles. The Bertz CT molecular complexity index is 1070. The van der Waals surface area contributed by atoms with E-state index in [1.165, 1.54) is 0 Å². The molecule has 1 atom stereocenters. The number of hydrogen-bond donors (Lipinski definition) is 0. The van der Waals surface area contributed by atoms with Gasteiger partial charge in [0.25, 0.3) is 5.91 Å². The van der Waals surface area contributed by atoms with E-state index in [4.69, 9.17) is 14.0 Å². The smallest absolute Gasteiger partial charge is 0.261 e. The molecule has 0 spiro atoms. The molecule has 9 heteroatoms. The Balaban J connectivity index is 1.30. The van der Waals surface area contributed by atoms with E-state index in [1.807, 2.05) is 42.5 Å². The van der Waals surface area contributed by atoms with Crippen molar-refractivity contribution in [3.8, 4) is 17.1 Å². The van der Waals surface area contributed by atoms with Gasteiger partial charge in [0.2, 0.25) is 11.7 Å². The van der Waals surface area contributed by atoms with E-state index in [0.29, 0.717) is 37.2 Å². The van der Waals surface area contributed by atoms with E-state index < -0.39 is 0 Å². The number of piperidine rings is 1. The highest BCUT2D eigenvalue weighted by molar-refractivity contribution is 5.78. The summed E-state index contributed by atoms with van der Waals surface area (Å²) in [7, 11) is 0. The molecule has 1 aromatic carbocycles. The molecule has 0 unspecified atom stereocenters. The molecule has 5 rings (SSSR count). The maximum Gasteiger partial charge on any atom is 0.261 e. The lowest BCUT2D eigenvalue weighted by Gasteiger charge is -2.33. The number of hydrogen-bond acceptors (Lipinski definition) is 8. The third kappa shape index (κ3) is 4.98. The fourth-order valence-corrected chi connectivity index (χ4v) is 4.24. The molecule has 0 N–H and O–H groups in total. The second-order valence-electron chi connectivity index (χ2n) is 8.16. The lowest BCUT2D eigenvalue weighted by atomic mass is 10.0. The number of likely N-dealkylation sites (tertiary alicyclic amines) is 1. The predicted octanol–water partition coefficient (Wildman–Crippen LogP) is 3.10. The van der Waals surface area contributed by atoms with E-state index in [1.54, 1.807) is 11.1 Å². The summed E-state index contributed by atoms with van der Waals surface area (Å²) < 4.78 is 16.7. The van der Waals surface area contributed by atoms with Gasteiger partial charge in [-0.1, -0.05) is 23.4 Å². The zero-order valence-electron chi connectivity index (χ0n) is 18.4. The Hall–Kier alpha value is -3.46. The molecule has 4 heterocycles. The molecule has 2 aromatic heterocycles. The van der Waals surface area contributed by atoms with Gasteiger partial charge < -0.3 is 23.8 Å². The zero-order valence-corrected chi connectivity index (χ0v) is 18.4. The van der Waals surface area contributed by atoms with Gasteiger partial charge in [0.15, 0.2) is 6.61 Å². The topological polar surface area (TPSA) is 93.8 Å². The van der Waals surface area contributed by atoms with Crippen LogP contribution in [0, 0.1) is 0 Å². The van der Waals surface area contributed by atoms with Gasteiger partial charge >= 0.3 is 0 Å². The third-order valence-electron chi connectivity index (χ3n) is 5.99. The first-order valence-electron chi connectivity index (χ1n) is 11.4. The van der Waals surface area contributed by atoms with Crippen LogP contribution in [-0.2, 0) is 9.53 Å². The summed E-state index contributed by atoms with van der Waals surface area (Å²) in [6.45, 7) is 3.62. The van der Waals surface area contributed by atoms with Gasteiger partial charge in [0.1, 0.15) is 17.6 Å². The number of amides is 1. The van der Waals surface area contributed by atoms with Gasteiger partial charge in [0.05, 0.1) is 13.2 Å². The minimum absolute atomic E-state index is 0.0191. The van der Waals surface area contributed by atoms with Crippen LogP contribution in [0.3, 0.4) is 0 Å². The highest BCUT2D eigenvalue weighted by Gasteiger charge is 2.32. The van der Waals surface area contributed by atoms with Gasteiger partial charge in [-0.05, 0) is 43.5 Å². The largest absolute Gasteiger partial charge is 0.484 e. The SMILES string of the molecule is O=C(COc1ccccc1)N1CCCC[C@@H]1c1nc(-c2ccnc(N3CCOCC3)c2)no1.